The van der Waals surface area contributed by atoms with Gasteiger partial charge in [0.25, 0.3) is 0 Å². The summed E-state index contributed by atoms with van der Waals surface area (Å²) in [5.74, 6) is 0.885. The van der Waals surface area contributed by atoms with Crippen LogP contribution < -0.4 is 10.1 Å². The van der Waals surface area contributed by atoms with Crippen molar-refractivity contribution >= 4 is 0 Å². The molecule has 2 rings (SSSR count). The Labute approximate surface area is 118 Å². The van der Waals surface area contributed by atoms with Gasteiger partial charge in [-0.3, -0.25) is 0 Å². The van der Waals surface area contributed by atoms with Crippen molar-refractivity contribution in [2.24, 2.45) is 0 Å². The van der Waals surface area contributed by atoms with Crippen molar-refractivity contribution in [3.8, 4) is 5.75 Å². The van der Waals surface area contributed by atoms with E-state index in [1.165, 1.54) is 13.2 Å². The number of rotatable bonds is 6. The summed E-state index contributed by atoms with van der Waals surface area (Å²) in [7, 11) is 1.47. The Kier molecular flexibility index (Phi) is 4.79. The monoisotopic (exact) mass is 277 g/mol. The number of halogens is 1. The van der Waals surface area contributed by atoms with E-state index in [0.29, 0.717) is 0 Å². The Morgan fingerprint density at radius 1 is 1.30 bits per heavy atom. The number of furan rings is 1. The van der Waals surface area contributed by atoms with Crippen molar-refractivity contribution in [2.45, 2.75) is 32.4 Å². The number of benzene rings is 1. The maximum atomic E-state index is 13.4. The fourth-order valence-electron chi connectivity index (χ4n) is 2.26. The zero-order valence-electron chi connectivity index (χ0n) is 12.0. The second-order valence-corrected chi connectivity index (χ2v) is 4.97. The first kappa shape index (κ1) is 14.6. The van der Waals surface area contributed by atoms with Crippen LogP contribution in [0.5, 0.6) is 5.75 Å². The minimum absolute atomic E-state index is 0.106. The highest BCUT2D eigenvalue weighted by molar-refractivity contribution is 5.32. The van der Waals surface area contributed by atoms with Gasteiger partial charge in [0, 0.05) is 18.5 Å². The molecule has 0 aliphatic carbocycles. The van der Waals surface area contributed by atoms with Gasteiger partial charge in [0.05, 0.1) is 13.4 Å². The molecule has 3 nitrogen and oxygen atoms in total. The number of hydrogen-bond donors (Lipinski definition) is 1. The van der Waals surface area contributed by atoms with Crippen molar-refractivity contribution < 1.29 is 13.5 Å². The Balaban J connectivity index is 1.98. The fourth-order valence-corrected chi connectivity index (χ4v) is 2.26. The molecule has 0 amide bonds. The molecule has 0 saturated carbocycles. The van der Waals surface area contributed by atoms with Crippen molar-refractivity contribution in [1.29, 1.82) is 0 Å². The van der Waals surface area contributed by atoms with Crippen LogP contribution in [-0.2, 0) is 6.42 Å². The first-order valence-electron chi connectivity index (χ1n) is 6.72. The normalized spacial score (nSPS) is 14.0. The summed E-state index contributed by atoms with van der Waals surface area (Å²) >= 11 is 0. The van der Waals surface area contributed by atoms with Crippen molar-refractivity contribution in [3.63, 3.8) is 0 Å². The van der Waals surface area contributed by atoms with E-state index in [-0.39, 0.29) is 23.7 Å². The molecule has 4 heteroatoms. The largest absolute Gasteiger partial charge is 0.494 e. The Morgan fingerprint density at radius 3 is 2.75 bits per heavy atom. The molecule has 0 bridgehead atoms. The average Bonchev–Trinajstić information content (AvgIpc) is 2.91. The quantitative estimate of drug-likeness (QED) is 0.874. The topological polar surface area (TPSA) is 34.4 Å². The van der Waals surface area contributed by atoms with Gasteiger partial charge >= 0.3 is 0 Å². The second kappa shape index (κ2) is 6.57. The van der Waals surface area contributed by atoms with Crippen LogP contribution in [-0.4, -0.2) is 13.2 Å². The predicted octanol–water partition coefficient (Wildman–Crippen LogP) is 3.71. The Morgan fingerprint density at radius 2 is 2.10 bits per heavy atom. The number of methoxy groups -OCH3 is 1. The van der Waals surface area contributed by atoms with Crippen LogP contribution >= 0.6 is 0 Å². The van der Waals surface area contributed by atoms with E-state index < -0.39 is 0 Å². The van der Waals surface area contributed by atoms with Gasteiger partial charge in [0.1, 0.15) is 5.76 Å². The van der Waals surface area contributed by atoms with Gasteiger partial charge in [0.15, 0.2) is 11.6 Å². The SMILES string of the molecule is COc1cc(C(C)NC(C)Cc2ccco2)ccc1F. The Bertz CT molecular complexity index is 539. The van der Waals surface area contributed by atoms with E-state index in [0.717, 1.165) is 17.7 Å². The first-order valence-corrected chi connectivity index (χ1v) is 6.72. The van der Waals surface area contributed by atoms with Gasteiger partial charge in [-0.2, -0.15) is 0 Å². The van der Waals surface area contributed by atoms with Crippen LogP contribution in [0.15, 0.2) is 41.0 Å². The summed E-state index contributed by atoms with van der Waals surface area (Å²) in [5, 5.41) is 3.47. The maximum absolute atomic E-state index is 13.4. The first-order chi connectivity index (χ1) is 9.60. The third-order valence-corrected chi connectivity index (χ3v) is 3.30. The lowest BCUT2D eigenvalue weighted by atomic mass is 10.1. The van der Waals surface area contributed by atoms with Crippen molar-refractivity contribution in [1.82, 2.24) is 5.32 Å². The molecular weight excluding hydrogens is 257 g/mol. The molecule has 20 heavy (non-hydrogen) atoms. The minimum Gasteiger partial charge on any atom is -0.494 e. The number of hydrogen-bond acceptors (Lipinski definition) is 3. The zero-order chi connectivity index (χ0) is 14.5. The standard InChI is InChI=1S/C16H20FNO2/c1-11(9-14-5-4-8-20-14)18-12(2)13-6-7-15(17)16(10-13)19-3/h4-8,10-12,18H,9H2,1-3H3. The van der Waals surface area contributed by atoms with Crippen molar-refractivity contribution in [3.05, 3.63) is 53.7 Å². The summed E-state index contributed by atoms with van der Waals surface area (Å²) in [4.78, 5) is 0. The van der Waals surface area contributed by atoms with Gasteiger partial charge in [-0.25, -0.2) is 4.39 Å². The number of ether oxygens (including phenoxy) is 1. The van der Waals surface area contributed by atoms with Gasteiger partial charge in [-0.05, 0) is 43.7 Å². The predicted molar refractivity (Wildman–Crippen MR) is 76.4 cm³/mol. The second-order valence-electron chi connectivity index (χ2n) is 4.97. The molecular formula is C16H20FNO2. The van der Waals surface area contributed by atoms with Crippen LogP contribution in [0.4, 0.5) is 4.39 Å². The van der Waals surface area contributed by atoms with Crippen LogP contribution in [0.1, 0.15) is 31.2 Å². The average molecular weight is 277 g/mol. The lowest BCUT2D eigenvalue weighted by Crippen LogP contribution is -2.30. The summed E-state index contributed by atoms with van der Waals surface area (Å²) in [6.45, 7) is 4.14. The zero-order valence-corrected chi connectivity index (χ0v) is 12.0. The molecule has 1 N–H and O–H groups in total. The minimum atomic E-state index is -0.341. The van der Waals surface area contributed by atoms with Gasteiger partial charge in [-0.1, -0.05) is 6.07 Å². The van der Waals surface area contributed by atoms with E-state index in [1.807, 2.05) is 19.1 Å². The van der Waals surface area contributed by atoms with Crippen molar-refractivity contribution in [2.75, 3.05) is 7.11 Å². The van der Waals surface area contributed by atoms with Crippen LogP contribution in [0, 0.1) is 5.82 Å². The summed E-state index contributed by atoms with van der Waals surface area (Å²) < 4.78 is 23.7. The highest BCUT2D eigenvalue weighted by atomic mass is 19.1. The number of nitrogens with one attached hydrogen (secondary N) is 1. The molecule has 2 atom stereocenters. The summed E-state index contributed by atoms with van der Waals surface area (Å²) in [5.41, 5.74) is 0.995. The van der Waals surface area contributed by atoms with Gasteiger partial charge in [-0.15, -0.1) is 0 Å². The molecule has 108 valence electrons. The molecule has 1 heterocycles. The lowest BCUT2D eigenvalue weighted by Gasteiger charge is -2.20. The van der Waals surface area contributed by atoms with E-state index >= 15 is 0 Å². The summed E-state index contributed by atoms with van der Waals surface area (Å²) in [6, 6.07) is 9.15. The molecule has 0 aliphatic heterocycles. The fraction of sp³-hybridized carbons (Fsp3) is 0.375. The van der Waals surface area contributed by atoms with Gasteiger partial charge < -0.3 is 14.5 Å². The molecule has 1 aromatic heterocycles. The molecule has 1 aromatic carbocycles. The van der Waals surface area contributed by atoms with E-state index in [4.69, 9.17) is 9.15 Å². The van der Waals surface area contributed by atoms with E-state index in [9.17, 15) is 4.39 Å². The molecule has 0 saturated heterocycles. The van der Waals surface area contributed by atoms with Gasteiger partial charge in [0.2, 0.25) is 0 Å². The lowest BCUT2D eigenvalue weighted by molar-refractivity contribution is 0.383. The van der Waals surface area contributed by atoms with Crippen LogP contribution in [0.3, 0.4) is 0 Å². The molecule has 0 radical (unpaired) electrons. The van der Waals surface area contributed by atoms with E-state index in [2.05, 4.69) is 12.2 Å². The highest BCUT2D eigenvalue weighted by Crippen LogP contribution is 2.23. The molecule has 2 aromatic rings. The van der Waals surface area contributed by atoms with Crippen LogP contribution in [0.2, 0.25) is 0 Å². The third-order valence-electron chi connectivity index (χ3n) is 3.30. The molecule has 0 aliphatic rings. The molecule has 2 unspecified atom stereocenters. The third kappa shape index (κ3) is 3.61. The molecule has 0 fully saturated rings. The molecule has 0 spiro atoms. The smallest absolute Gasteiger partial charge is 0.165 e. The van der Waals surface area contributed by atoms with Crippen LogP contribution in [0.25, 0.3) is 0 Å². The van der Waals surface area contributed by atoms with E-state index in [1.54, 1.807) is 18.4 Å². The maximum Gasteiger partial charge on any atom is 0.165 e. The Hall–Kier alpha value is -1.81. The highest BCUT2D eigenvalue weighted by Gasteiger charge is 2.13. The summed E-state index contributed by atoms with van der Waals surface area (Å²) in [6.07, 6.45) is 2.49.